The summed E-state index contributed by atoms with van der Waals surface area (Å²) in [4.78, 5) is 4.25. The fraction of sp³-hybridized carbons (Fsp3) is 0.250. The molecule has 4 heteroatoms. The zero-order valence-electron chi connectivity index (χ0n) is 9.15. The van der Waals surface area contributed by atoms with Gasteiger partial charge in [-0.05, 0) is 24.6 Å². The molecule has 16 heavy (non-hydrogen) atoms. The molecule has 0 aliphatic carbocycles. The highest BCUT2D eigenvalue weighted by Crippen LogP contribution is 2.23. The van der Waals surface area contributed by atoms with E-state index in [0.29, 0.717) is 6.54 Å². The maximum absolute atomic E-state index is 13.2. The summed E-state index contributed by atoms with van der Waals surface area (Å²) in [5.74, 6) is 0.500. The summed E-state index contributed by atoms with van der Waals surface area (Å²) in [6.07, 6.45) is 3.59. The van der Waals surface area contributed by atoms with Gasteiger partial charge in [0.1, 0.15) is 11.6 Å². The minimum Gasteiger partial charge on any atom is -0.331 e. The second-order valence-electron chi connectivity index (χ2n) is 3.54. The number of nitrogens with zero attached hydrogens (tertiary/aromatic N) is 2. The summed E-state index contributed by atoms with van der Waals surface area (Å²) in [5.41, 5.74) is 7.32. The average Bonchev–Trinajstić information content (AvgIpc) is 2.76. The van der Waals surface area contributed by atoms with Crippen molar-refractivity contribution in [2.45, 2.75) is 20.0 Å². The lowest BCUT2D eigenvalue weighted by Crippen LogP contribution is -2.03. The van der Waals surface area contributed by atoms with Crippen molar-refractivity contribution in [3.8, 4) is 11.4 Å². The molecule has 1 aromatic heterocycles. The number of halogens is 1. The SMILES string of the molecule is CCn1ccnc1-c1cc(F)ccc1CN. The van der Waals surface area contributed by atoms with E-state index in [4.69, 9.17) is 5.73 Å². The summed E-state index contributed by atoms with van der Waals surface area (Å²) in [7, 11) is 0. The molecule has 0 fully saturated rings. The predicted octanol–water partition coefficient (Wildman–Crippen LogP) is 2.17. The summed E-state index contributed by atoms with van der Waals surface area (Å²) in [5, 5.41) is 0. The van der Waals surface area contributed by atoms with E-state index < -0.39 is 0 Å². The lowest BCUT2D eigenvalue weighted by atomic mass is 10.1. The third-order valence-corrected chi connectivity index (χ3v) is 2.59. The minimum atomic E-state index is -0.266. The molecule has 0 unspecified atom stereocenters. The molecule has 0 aliphatic rings. The number of aryl methyl sites for hydroxylation is 1. The Morgan fingerprint density at radius 2 is 2.25 bits per heavy atom. The zero-order chi connectivity index (χ0) is 11.5. The van der Waals surface area contributed by atoms with Crippen LogP contribution in [0.2, 0.25) is 0 Å². The Kier molecular flexibility index (Phi) is 3.01. The predicted molar refractivity (Wildman–Crippen MR) is 61.2 cm³/mol. The Morgan fingerprint density at radius 3 is 2.94 bits per heavy atom. The van der Waals surface area contributed by atoms with Gasteiger partial charge in [0.15, 0.2) is 0 Å². The van der Waals surface area contributed by atoms with Gasteiger partial charge in [-0.25, -0.2) is 9.37 Å². The van der Waals surface area contributed by atoms with Crippen LogP contribution in [0.1, 0.15) is 12.5 Å². The van der Waals surface area contributed by atoms with Crippen molar-refractivity contribution in [2.24, 2.45) is 5.73 Å². The third-order valence-electron chi connectivity index (χ3n) is 2.59. The standard InChI is InChI=1S/C12H14FN3/c1-2-16-6-5-15-12(16)11-7-10(13)4-3-9(11)8-14/h3-7H,2,8,14H2,1H3. The largest absolute Gasteiger partial charge is 0.331 e. The monoisotopic (exact) mass is 219 g/mol. The lowest BCUT2D eigenvalue weighted by Gasteiger charge is -2.09. The molecule has 84 valence electrons. The zero-order valence-corrected chi connectivity index (χ0v) is 9.15. The van der Waals surface area contributed by atoms with Gasteiger partial charge in [-0.2, -0.15) is 0 Å². The molecule has 2 aromatic rings. The number of aromatic nitrogens is 2. The maximum Gasteiger partial charge on any atom is 0.140 e. The molecule has 1 aromatic carbocycles. The first kappa shape index (κ1) is 10.8. The second-order valence-corrected chi connectivity index (χ2v) is 3.54. The van der Waals surface area contributed by atoms with E-state index >= 15 is 0 Å². The van der Waals surface area contributed by atoms with Gasteiger partial charge in [0.2, 0.25) is 0 Å². The van der Waals surface area contributed by atoms with E-state index in [1.807, 2.05) is 17.7 Å². The summed E-state index contributed by atoms with van der Waals surface area (Å²) >= 11 is 0. The van der Waals surface area contributed by atoms with Crippen molar-refractivity contribution >= 4 is 0 Å². The van der Waals surface area contributed by atoms with Crippen LogP contribution in [0.3, 0.4) is 0 Å². The molecule has 0 spiro atoms. The van der Waals surface area contributed by atoms with Crippen LogP contribution < -0.4 is 5.73 Å². The van der Waals surface area contributed by atoms with Gasteiger partial charge in [0.25, 0.3) is 0 Å². The van der Waals surface area contributed by atoms with Gasteiger partial charge in [-0.1, -0.05) is 6.07 Å². The van der Waals surface area contributed by atoms with Crippen LogP contribution in [0.4, 0.5) is 4.39 Å². The van der Waals surface area contributed by atoms with Crippen LogP contribution in [0.15, 0.2) is 30.6 Å². The van der Waals surface area contributed by atoms with Gasteiger partial charge in [-0.15, -0.1) is 0 Å². The number of benzene rings is 1. The van der Waals surface area contributed by atoms with Gasteiger partial charge >= 0.3 is 0 Å². The first-order valence-electron chi connectivity index (χ1n) is 5.26. The molecule has 0 saturated heterocycles. The molecular weight excluding hydrogens is 205 g/mol. The first-order chi connectivity index (χ1) is 7.76. The Bertz CT molecular complexity index is 491. The van der Waals surface area contributed by atoms with E-state index in [2.05, 4.69) is 4.98 Å². The Morgan fingerprint density at radius 1 is 1.44 bits per heavy atom. The van der Waals surface area contributed by atoms with Crippen LogP contribution in [0.5, 0.6) is 0 Å². The molecular formula is C12H14FN3. The molecule has 0 amide bonds. The molecule has 0 radical (unpaired) electrons. The highest BCUT2D eigenvalue weighted by molar-refractivity contribution is 5.60. The van der Waals surface area contributed by atoms with Crippen LogP contribution in [0, 0.1) is 5.82 Å². The molecule has 1 heterocycles. The van der Waals surface area contributed by atoms with Crippen molar-refractivity contribution in [2.75, 3.05) is 0 Å². The van der Waals surface area contributed by atoms with Crippen molar-refractivity contribution < 1.29 is 4.39 Å². The second kappa shape index (κ2) is 4.45. The molecule has 0 atom stereocenters. The normalized spacial score (nSPS) is 10.7. The Balaban J connectivity index is 2.58. The molecule has 3 nitrogen and oxygen atoms in total. The number of hydrogen-bond acceptors (Lipinski definition) is 2. The average molecular weight is 219 g/mol. The number of hydrogen-bond donors (Lipinski definition) is 1. The van der Waals surface area contributed by atoms with Crippen molar-refractivity contribution in [1.82, 2.24) is 9.55 Å². The summed E-state index contributed by atoms with van der Waals surface area (Å²) in [6, 6.07) is 4.61. The van der Waals surface area contributed by atoms with Crippen LogP contribution in [0.25, 0.3) is 11.4 Å². The minimum absolute atomic E-state index is 0.266. The highest BCUT2D eigenvalue weighted by atomic mass is 19.1. The highest BCUT2D eigenvalue weighted by Gasteiger charge is 2.10. The third kappa shape index (κ3) is 1.84. The topological polar surface area (TPSA) is 43.8 Å². The molecule has 0 saturated carbocycles. The fourth-order valence-electron chi connectivity index (χ4n) is 1.74. The van der Waals surface area contributed by atoms with Crippen LogP contribution in [-0.4, -0.2) is 9.55 Å². The molecule has 0 bridgehead atoms. The smallest absolute Gasteiger partial charge is 0.140 e. The van der Waals surface area contributed by atoms with E-state index in [1.165, 1.54) is 12.1 Å². The quantitative estimate of drug-likeness (QED) is 0.859. The molecule has 2 rings (SSSR count). The summed E-state index contributed by atoms with van der Waals surface area (Å²) in [6.45, 7) is 3.20. The Hall–Kier alpha value is -1.68. The van der Waals surface area contributed by atoms with E-state index in [1.54, 1.807) is 12.3 Å². The number of imidazole rings is 1. The van der Waals surface area contributed by atoms with E-state index in [9.17, 15) is 4.39 Å². The van der Waals surface area contributed by atoms with Gasteiger partial charge in [0.05, 0.1) is 0 Å². The van der Waals surface area contributed by atoms with Crippen molar-refractivity contribution in [3.05, 3.63) is 42.0 Å². The van der Waals surface area contributed by atoms with E-state index in [0.717, 1.165) is 23.5 Å². The van der Waals surface area contributed by atoms with Gasteiger partial charge < -0.3 is 10.3 Å². The van der Waals surface area contributed by atoms with Crippen molar-refractivity contribution in [3.63, 3.8) is 0 Å². The van der Waals surface area contributed by atoms with Crippen LogP contribution >= 0.6 is 0 Å². The van der Waals surface area contributed by atoms with E-state index in [-0.39, 0.29) is 5.82 Å². The van der Waals surface area contributed by atoms with Gasteiger partial charge in [-0.3, -0.25) is 0 Å². The van der Waals surface area contributed by atoms with Gasteiger partial charge in [0, 0.05) is 31.0 Å². The molecule has 2 N–H and O–H groups in total. The number of nitrogens with two attached hydrogens (primary N) is 1. The number of rotatable bonds is 3. The van der Waals surface area contributed by atoms with Crippen LogP contribution in [-0.2, 0) is 13.1 Å². The maximum atomic E-state index is 13.2. The molecule has 0 aliphatic heterocycles. The lowest BCUT2D eigenvalue weighted by molar-refractivity contribution is 0.627. The first-order valence-corrected chi connectivity index (χ1v) is 5.26. The fourth-order valence-corrected chi connectivity index (χ4v) is 1.74. The van der Waals surface area contributed by atoms with Crippen molar-refractivity contribution in [1.29, 1.82) is 0 Å². The Labute approximate surface area is 93.7 Å². The summed E-state index contributed by atoms with van der Waals surface area (Å²) < 4.78 is 15.2.